The number of esters is 1. The molecule has 1 amide bonds. The molecule has 9 heteroatoms. The van der Waals surface area contributed by atoms with Crippen LogP contribution in [0.25, 0.3) is 0 Å². The summed E-state index contributed by atoms with van der Waals surface area (Å²) >= 11 is 0. The Morgan fingerprint density at radius 1 is 0.938 bits per heavy atom. The first-order valence-electron chi connectivity index (χ1n) is 10.1. The first-order chi connectivity index (χ1) is 15.4. The summed E-state index contributed by atoms with van der Waals surface area (Å²) in [5.74, 6) is 0.682. The van der Waals surface area contributed by atoms with Gasteiger partial charge < -0.3 is 29.0 Å². The van der Waals surface area contributed by atoms with E-state index in [1.807, 2.05) is 0 Å². The van der Waals surface area contributed by atoms with Crippen molar-refractivity contribution in [3.63, 3.8) is 0 Å². The quantitative estimate of drug-likeness (QED) is 0.465. The standard InChI is InChI=1S/C23H25NO8/c1-14(23(27)24-16-11-17(28-2)13-18(12-16)29-3)32-22(26)7-5-19(25)15-4-6-20-21(10-15)31-9-8-30-20/h4,6,10-14H,5,7-9H2,1-3H3,(H,24,27). The molecular formula is C23H25NO8. The molecular weight excluding hydrogens is 418 g/mol. The molecule has 1 N–H and O–H groups in total. The van der Waals surface area contributed by atoms with Crippen LogP contribution < -0.4 is 24.3 Å². The second-order valence-corrected chi connectivity index (χ2v) is 7.00. The van der Waals surface area contributed by atoms with Gasteiger partial charge >= 0.3 is 5.97 Å². The second kappa shape index (κ2) is 10.5. The first-order valence-corrected chi connectivity index (χ1v) is 10.1. The van der Waals surface area contributed by atoms with Gasteiger partial charge in [0.1, 0.15) is 24.7 Å². The van der Waals surface area contributed by atoms with Gasteiger partial charge in [-0.15, -0.1) is 0 Å². The highest BCUT2D eigenvalue weighted by Gasteiger charge is 2.20. The van der Waals surface area contributed by atoms with Gasteiger partial charge in [-0.1, -0.05) is 0 Å². The molecule has 1 unspecified atom stereocenters. The molecule has 2 aromatic carbocycles. The Morgan fingerprint density at radius 2 is 1.59 bits per heavy atom. The summed E-state index contributed by atoms with van der Waals surface area (Å²) in [4.78, 5) is 36.9. The van der Waals surface area contributed by atoms with E-state index in [1.165, 1.54) is 21.1 Å². The molecule has 0 saturated carbocycles. The van der Waals surface area contributed by atoms with Crippen molar-refractivity contribution in [2.45, 2.75) is 25.9 Å². The Balaban J connectivity index is 1.50. The minimum Gasteiger partial charge on any atom is -0.497 e. The third-order valence-electron chi connectivity index (χ3n) is 4.72. The summed E-state index contributed by atoms with van der Waals surface area (Å²) in [5.41, 5.74) is 0.850. The molecule has 0 radical (unpaired) electrons. The highest BCUT2D eigenvalue weighted by atomic mass is 16.6. The van der Waals surface area contributed by atoms with Crippen molar-refractivity contribution in [1.82, 2.24) is 0 Å². The predicted octanol–water partition coefficient (Wildman–Crippen LogP) is 3.01. The number of benzene rings is 2. The van der Waals surface area contributed by atoms with Crippen LogP contribution >= 0.6 is 0 Å². The number of ketones is 1. The molecule has 1 aliphatic rings. The maximum Gasteiger partial charge on any atom is 0.307 e. The SMILES string of the molecule is COc1cc(NC(=O)C(C)OC(=O)CCC(=O)c2ccc3c(c2)OCCO3)cc(OC)c1. The van der Waals surface area contributed by atoms with E-state index >= 15 is 0 Å². The van der Waals surface area contributed by atoms with E-state index in [9.17, 15) is 14.4 Å². The number of Topliss-reactive ketones (excluding diaryl/α,β-unsaturated/α-hetero) is 1. The van der Waals surface area contributed by atoms with E-state index < -0.39 is 18.0 Å². The highest BCUT2D eigenvalue weighted by molar-refractivity contribution is 5.99. The molecule has 1 atom stereocenters. The van der Waals surface area contributed by atoms with Crippen LogP contribution in [-0.4, -0.2) is 51.2 Å². The van der Waals surface area contributed by atoms with E-state index in [0.29, 0.717) is 47.5 Å². The fourth-order valence-corrected chi connectivity index (χ4v) is 3.01. The Morgan fingerprint density at radius 3 is 2.25 bits per heavy atom. The Labute approximate surface area is 185 Å². The molecule has 1 aliphatic heterocycles. The zero-order chi connectivity index (χ0) is 23.1. The van der Waals surface area contributed by atoms with Crippen molar-refractivity contribution >= 4 is 23.3 Å². The van der Waals surface area contributed by atoms with Crippen molar-refractivity contribution in [3.8, 4) is 23.0 Å². The number of carbonyl (C=O) groups excluding carboxylic acids is 3. The molecule has 170 valence electrons. The Hall–Kier alpha value is -3.75. The van der Waals surface area contributed by atoms with E-state index in [2.05, 4.69) is 5.32 Å². The third-order valence-corrected chi connectivity index (χ3v) is 4.72. The monoisotopic (exact) mass is 443 g/mol. The van der Waals surface area contributed by atoms with Crippen molar-refractivity contribution in [1.29, 1.82) is 0 Å². The van der Waals surface area contributed by atoms with Crippen LogP contribution in [0.5, 0.6) is 23.0 Å². The van der Waals surface area contributed by atoms with Crippen molar-refractivity contribution in [2.24, 2.45) is 0 Å². The average Bonchev–Trinajstić information content (AvgIpc) is 2.81. The number of hydrogen-bond donors (Lipinski definition) is 1. The molecule has 0 fully saturated rings. The molecule has 0 saturated heterocycles. The highest BCUT2D eigenvalue weighted by Crippen LogP contribution is 2.31. The summed E-state index contributed by atoms with van der Waals surface area (Å²) in [6.07, 6.45) is -1.26. The molecule has 0 spiro atoms. The van der Waals surface area contributed by atoms with E-state index in [0.717, 1.165) is 0 Å². The molecule has 9 nitrogen and oxygen atoms in total. The van der Waals surface area contributed by atoms with Crippen LogP contribution in [0.4, 0.5) is 5.69 Å². The average molecular weight is 443 g/mol. The smallest absolute Gasteiger partial charge is 0.307 e. The van der Waals surface area contributed by atoms with Gasteiger partial charge in [-0.2, -0.15) is 0 Å². The van der Waals surface area contributed by atoms with Gasteiger partial charge in [0.15, 0.2) is 23.4 Å². The lowest BCUT2D eigenvalue weighted by Crippen LogP contribution is -2.30. The second-order valence-electron chi connectivity index (χ2n) is 7.00. The lowest BCUT2D eigenvalue weighted by atomic mass is 10.1. The summed E-state index contributed by atoms with van der Waals surface area (Å²) in [6, 6.07) is 9.78. The van der Waals surface area contributed by atoms with Crippen LogP contribution in [0.2, 0.25) is 0 Å². The number of ether oxygens (including phenoxy) is 5. The molecule has 0 aliphatic carbocycles. The van der Waals surface area contributed by atoms with Crippen molar-refractivity contribution < 1.29 is 38.1 Å². The number of carbonyl (C=O) groups is 3. The maximum atomic E-state index is 12.4. The molecule has 0 aromatic heterocycles. The summed E-state index contributed by atoms with van der Waals surface area (Å²) in [5, 5.41) is 2.65. The fourth-order valence-electron chi connectivity index (χ4n) is 3.01. The Kier molecular flexibility index (Phi) is 7.54. The number of rotatable bonds is 9. The normalized spacial score (nSPS) is 13.0. The van der Waals surface area contributed by atoms with Crippen LogP contribution in [0.3, 0.4) is 0 Å². The topological polar surface area (TPSA) is 109 Å². The summed E-state index contributed by atoms with van der Waals surface area (Å²) < 4.78 is 26.4. The van der Waals surface area contributed by atoms with Gasteiger partial charge in [0.2, 0.25) is 0 Å². The maximum absolute atomic E-state index is 12.4. The zero-order valence-corrected chi connectivity index (χ0v) is 18.1. The van der Waals surface area contributed by atoms with Gasteiger partial charge in [-0.25, -0.2) is 0 Å². The molecule has 1 heterocycles. The van der Waals surface area contributed by atoms with Crippen LogP contribution in [-0.2, 0) is 14.3 Å². The summed E-state index contributed by atoms with van der Waals surface area (Å²) in [6.45, 7) is 2.33. The number of hydrogen-bond acceptors (Lipinski definition) is 8. The van der Waals surface area contributed by atoms with Gasteiger partial charge in [-0.05, 0) is 25.1 Å². The third kappa shape index (κ3) is 5.90. The van der Waals surface area contributed by atoms with E-state index in [-0.39, 0.29) is 18.6 Å². The molecule has 0 bridgehead atoms. The first kappa shape index (κ1) is 22.9. The van der Waals surface area contributed by atoms with Crippen molar-refractivity contribution in [3.05, 3.63) is 42.0 Å². The zero-order valence-electron chi connectivity index (χ0n) is 18.1. The number of methoxy groups -OCH3 is 2. The van der Waals surface area contributed by atoms with Gasteiger partial charge in [0.25, 0.3) is 5.91 Å². The number of anilines is 1. The number of nitrogens with one attached hydrogen (secondary N) is 1. The van der Waals surface area contributed by atoms with E-state index in [4.69, 9.17) is 23.7 Å². The Bertz CT molecular complexity index is 981. The molecule has 2 aromatic rings. The molecule has 32 heavy (non-hydrogen) atoms. The largest absolute Gasteiger partial charge is 0.497 e. The van der Waals surface area contributed by atoms with Gasteiger partial charge in [0, 0.05) is 35.9 Å². The van der Waals surface area contributed by atoms with Gasteiger partial charge in [-0.3, -0.25) is 14.4 Å². The number of amides is 1. The summed E-state index contributed by atoms with van der Waals surface area (Å²) in [7, 11) is 2.99. The van der Waals surface area contributed by atoms with Crippen LogP contribution in [0.1, 0.15) is 30.1 Å². The fraction of sp³-hybridized carbons (Fsp3) is 0.348. The predicted molar refractivity (Wildman–Crippen MR) is 115 cm³/mol. The van der Waals surface area contributed by atoms with Gasteiger partial charge in [0.05, 0.1) is 20.6 Å². The van der Waals surface area contributed by atoms with Crippen molar-refractivity contribution in [2.75, 3.05) is 32.8 Å². The van der Waals surface area contributed by atoms with E-state index in [1.54, 1.807) is 36.4 Å². The number of fused-ring (bicyclic) bond motifs is 1. The molecule has 3 rings (SSSR count). The minimum atomic E-state index is -1.05. The lowest BCUT2D eigenvalue weighted by molar-refractivity contribution is -0.153. The minimum absolute atomic E-state index is 0.0557. The lowest BCUT2D eigenvalue weighted by Gasteiger charge is -2.18. The van der Waals surface area contributed by atoms with Crippen LogP contribution in [0, 0.1) is 0 Å². The van der Waals surface area contributed by atoms with Crippen LogP contribution in [0.15, 0.2) is 36.4 Å².